The highest BCUT2D eigenvalue weighted by Gasteiger charge is 2.81. The highest BCUT2D eigenvalue weighted by atomic mass is 19.5. The van der Waals surface area contributed by atoms with Crippen molar-refractivity contribution < 1.29 is 351 Å². The zero-order valence-corrected chi connectivity index (χ0v) is 63.3. The summed E-state index contributed by atoms with van der Waals surface area (Å²) in [5.74, 6) is -43.5. The third kappa shape index (κ3) is 63.6. The Bertz CT molecular complexity index is 3150. The van der Waals surface area contributed by atoms with Gasteiger partial charge in [0.05, 0.1) is 49.7 Å². The van der Waals surface area contributed by atoms with Crippen LogP contribution in [0.15, 0.2) is 86.8 Å². The molecular formula is C57H67F67O12. The maximum atomic E-state index is 13.4. The fourth-order valence-electron chi connectivity index (χ4n) is 3.63. The van der Waals surface area contributed by atoms with E-state index in [1.807, 2.05) is 29.2 Å². The molecule has 0 bridgehead atoms. The first-order chi connectivity index (χ1) is 57.6. The molecule has 136 heavy (non-hydrogen) atoms. The highest BCUT2D eigenvalue weighted by Crippen LogP contribution is 2.55. The molecular weight excluding hydrogens is 2150 g/mol. The van der Waals surface area contributed by atoms with Crippen molar-refractivity contribution >= 4 is 0 Å². The standard InChI is InChI=1S/C9H5F13O2.C8H4F12O2.C8H6F10O2.2C6H4F8O2.C5H4F6O.C5H6F4O.6CH3F.4CH4/c1-3(10)5(12,13)24-6(14,8(18,19)20)9(21,22)23-4(2,11)7(15,16)17;1-3(9)5(13,14)22-6(15,7(16,17)18)8(19,20)21-2-4(10,11)12;1-4(9)7(15,16)19-2-5(10,11)8(17,18)20-3-6(12,13)14;2*1-3(8)4(9,10)16-6(13,14)5(11,12)15-2-7;1-3(6)5(10,11)12-2-4(7,8)9;1-4(7)5(8,9)10-3-2-6;6*1-2;;;;/h1H2,2H3;1-2H2;1-3H2;2*1-2H2;1-2H2;1-3H2;6*1H3;4*1H4. The van der Waals surface area contributed by atoms with Crippen LogP contribution in [0.1, 0.15) is 36.6 Å². The van der Waals surface area contributed by atoms with E-state index in [2.05, 4.69) is 60.5 Å². The summed E-state index contributed by atoms with van der Waals surface area (Å²) in [6, 6.07) is 0. The van der Waals surface area contributed by atoms with Crippen molar-refractivity contribution in [3.63, 3.8) is 0 Å². The monoisotopic (exact) mass is 2220 g/mol. The number of rotatable bonds is 38. The molecule has 0 spiro atoms. The Morgan fingerprint density at radius 3 is 0.588 bits per heavy atom. The molecule has 0 saturated heterocycles. The summed E-state index contributed by atoms with van der Waals surface area (Å²) >= 11 is 0. The predicted molar refractivity (Wildman–Crippen MR) is 324 cm³/mol. The second-order valence-corrected chi connectivity index (χ2v) is 18.9. The van der Waals surface area contributed by atoms with Gasteiger partial charge in [-0.1, -0.05) is 75.8 Å². The molecule has 0 fully saturated rings. The van der Waals surface area contributed by atoms with Crippen LogP contribution in [-0.2, 0) is 56.8 Å². The van der Waals surface area contributed by atoms with Crippen molar-refractivity contribution in [2.24, 2.45) is 0 Å². The van der Waals surface area contributed by atoms with Gasteiger partial charge >= 0.3 is 146 Å². The molecule has 0 aromatic rings. The summed E-state index contributed by atoms with van der Waals surface area (Å²) in [5, 5.41) is 0. The van der Waals surface area contributed by atoms with E-state index < -0.39 is 247 Å². The van der Waals surface area contributed by atoms with Gasteiger partial charge in [-0.3, -0.25) is 50.0 Å². The summed E-state index contributed by atoms with van der Waals surface area (Å²) in [6.45, 7) is -4.84. The summed E-state index contributed by atoms with van der Waals surface area (Å²) in [7, 11) is 3.00. The third-order valence-corrected chi connectivity index (χ3v) is 9.19. The van der Waals surface area contributed by atoms with Crippen LogP contribution < -0.4 is 0 Å². The van der Waals surface area contributed by atoms with E-state index in [-0.39, 0.29) is 29.7 Å². The lowest BCUT2D eigenvalue weighted by Crippen LogP contribution is -2.63. The maximum absolute atomic E-state index is 13.4. The molecule has 0 radical (unpaired) electrons. The Morgan fingerprint density at radius 1 is 0.206 bits per heavy atom. The normalized spacial score (nSPS) is 14.0. The number of halogens is 67. The lowest BCUT2D eigenvalue weighted by Gasteiger charge is -2.38. The number of hydrogen-bond donors (Lipinski definition) is 0. The average molecular weight is 2220 g/mol. The first-order valence-electron chi connectivity index (χ1n) is 28.2. The molecule has 3 unspecified atom stereocenters. The Morgan fingerprint density at radius 2 is 0.397 bits per heavy atom. The van der Waals surface area contributed by atoms with Gasteiger partial charge in [-0.25, -0.2) is 57.8 Å². The first kappa shape index (κ1) is 168. The van der Waals surface area contributed by atoms with Crippen LogP contribution in [0.2, 0.25) is 0 Å². The first-order valence-corrected chi connectivity index (χ1v) is 28.2. The topological polar surface area (TPSA) is 111 Å². The van der Waals surface area contributed by atoms with E-state index in [0.717, 1.165) is 0 Å². The SMILES string of the molecule is C.C.C.C.C=C(F)C(F)(F)OC(F)(C(F)(F)F)C(F)(F)OC(C)(F)C(F)(F)F.C=C(F)C(F)(F)OC(F)(C(F)(F)F)C(F)(F)OCC(F)(F)F.C=C(F)C(F)(F)OC(F)(F)C(F)(F)OCF.C=C(F)C(F)(F)OC(F)(F)C(F)(F)OCF.C=C(F)C(F)(F)OCC(F)(F)C(F)(F)OCC(F)(F)F.C=C(F)C(F)(F)OCC(F)(F)F.C=C(F)C(F)(F)OCCF.CF.CF.CF.CF.CF.CF. The molecule has 12 nitrogen and oxygen atoms in total. The van der Waals surface area contributed by atoms with Crippen molar-refractivity contribution in [2.45, 2.75) is 183 Å². The molecule has 0 aliphatic heterocycles. The molecule has 0 amide bonds. The lowest BCUT2D eigenvalue weighted by molar-refractivity contribution is -0.525. The minimum Gasteiger partial charge on any atom is -0.312 e. The summed E-state index contributed by atoms with van der Waals surface area (Å²) in [4.78, 5) is 0. The van der Waals surface area contributed by atoms with Crippen LogP contribution >= 0.6 is 0 Å². The van der Waals surface area contributed by atoms with Crippen LogP contribution in [0.4, 0.5) is 294 Å². The Labute approximate surface area is 717 Å². The molecule has 0 aliphatic carbocycles. The Kier molecular flexibility index (Phi) is 80.7. The van der Waals surface area contributed by atoms with Gasteiger partial charge in [0.1, 0.15) is 33.1 Å². The van der Waals surface area contributed by atoms with Crippen molar-refractivity contribution in [1.29, 1.82) is 0 Å². The van der Waals surface area contributed by atoms with E-state index in [4.69, 9.17) is 0 Å². The quantitative estimate of drug-likeness (QED) is 0.0549. The molecule has 0 aliphatic rings. The minimum atomic E-state index is -7.21. The molecule has 3 atom stereocenters. The smallest absolute Gasteiger partial charge is 0.312 e. The Hall–Kier alpha value is -6.99. The average Bonchev–Trinajstić information content (AvgIpc) is 0.743. The maximum Gasteiger partial charge on any atom is 0.458 e. The minimum absolute atomic E-state index is 0. The van der Waals surface area contributed by atoms with Crippen molar-refractivity contribution in [2.75, 3.05) is 96.5 Å². The van der Waals surface area contributed by atoms with E-state index >= 15 is 0 Å². The predicted octanol–water partition coefficient (Wildman–Crippen LogP) is 30.7. The molecule has 0 aromatic carbocycles. The van der Waals surface area contributed by atoms with Crippen LogP contribution in [-0.4, -0.2) is 243 Å². The second-order valence-electron chi connectivity index (χ2n) is 18.9. The molecule has 0 N–H and O–H groups in total. The number of ether oxygens (including phenoxy) is 12. The zero-order valence-electron chi connectivity index (χ0n) is 63.3. The lowest BCUT2D eigenvalue weighted by atomic mass is 10.2. The zero-order chi connectivity index (χ0) is 111. The van der Waals surface area contributed by atoms with Gasteiger partial charge in [-0.05, 0) is 0 Å². The van der Waals surface area contributed by atoms with Crippen molar-refractivity contribution in [3.8, 4) is 0 Å². The summed E-state index contributed by atoms with van der Waals surface area (Å²) in [6.07, 6.45) is -115. The fourth-order valence-corrected chi connectivity index (χ4v) is 3.63. The molecule has 0 heterocycles. The van der Waals surface area contributed by atoms with E-state index in [0.29, 0.717) is 43.1 Å². The molecule has 0 aromatic heterocycles. The summed E-state index contributed by atoms with van der Waals surface area (Å²) < 4.78 is 827. The van der Waals surface area contributed by atoms with Crippen molar-refractivity contribution in [1.82, 2.24) is 0 Å². The number of alkyl halides is 60. The highest BCUT2D eigenvalue weighted by molar-refractivity contribution is 5.00. The summed E-state index contributed by atoms with van der Waals surface area (Å²) in [5.41, 5.74) is 0. The van der Waals surface area contributed by atoms with E-state index in [1.165, 1.54) is 0 Å². The molecule has 79 heteroatoms. The van der Waals surface area contributed by atoms with Gasteiger partial charge in [0.15, 0.2) is 54.5 Å². The van der Waals surface area contributed by atoms with Crippen molar-refractivity contribution in [3.05, 3.63) is 86.8 Å². The van der Waals surface area contributed by atoms with Crippen LogP contribution in [0.5, 0.6) is 0 Å². The largest absolute Gasteiger partial charge is 0.458 e. The van der Waals surface area contributed by atoms with Crippen LogP contribution in [0.3, 0.4) is 0 Å². The van der Waals surface area contributed by atoms with Gasteiger partial charge in [0.2, 0.25) is 0 Å². The van der Waals surface area contributed by atoms with Gasteiger partial charge < -0.3 is 23.7 Å². The molecule has 836 valence electrons. The second kappa shape index (κ2) is 65.2. The molecule has 0 saturated carbocycles. The van der Waals surface area contributed by atoms with Gasteiger partial charge in [-0.15, -0.1) is 0 Å². The van der Waals surface area contributed by atoms with E-state index in [9.17, 15) is 294 Å². The van der Waals surface area contributed by atoms with Gasteiger partial charge in [-0.2, -0.15) is 220 Å². The van der Waals surface area contributed by atoms with E-state index in [1.54, 1.807) is 13.2 Å². The van der Waals surface area contributed by atoms with Crippen LogP contribution in [0.25, 0.3) is 0 Å². The Balaban J connectivity index is -0.0000000800. The number of hydrogen-bond acceptors (Lipinski definition) is 12. The van der Waals surface area contributed by atoms with Gasteiger partial charge in [0, 0.05) is 6.92 Å². The third-order valence-electron chi connectivity index (χ3n) is 9.19. The van der Waals surface area contributed by atoms with Gasteiger partial charge in [0.25, 0.3) is 0 Å². The fraction of sp³-hybridized carbons (Fsp3) is 0.754. The molecule has 0 rings (SSSR count). The van der Waals surface area contributed by atoms with Crippen LogP contribution in [0, 0.1) is 0 Å².